The maximum Gasteiger partial charge on any atom is 0.191 e. The average molecular weight is 301 g/mol. The van der Waals surface area contributed by atoms with E-state index in [2.05, 4.69) is 29.5 Å². The van der Waals surface area contributed by atoms with Crippen molar-refractivity contribution in [3.05, 3.63) is 35.4 Å². The second-order valence-electron chi connectivity index (χ2n) is 4.98. The molecule has 0 aromatic heterocycles. The first-order chi connectivity index (χ1) is 9.38. The first-order valence-electron chi connectivity index (χ1n) is 6.31. The first-order valence-corrected chi connectivity index (χ1v) is 7.54. The van der Waals surface area contributed by atoms with Gasteiger partial charge in [0, 0.05) is 30.4 Å². The van der Waals surface area contributed by atoms with Crippen molar-refractivity contribution in [2.75, 3.05) is 19.8 Å². The number of nitrogens with zero attached hydrogens (tertiary/aromatic N) is 1. The summed E-state index contributed by atoms with van der Waals surface area (Å²) in [5.74, 6) is -0.316. The SMILES string of the molecule is CN=C(NCc1cc(F)ccc1F)NCC(C)(C)SC. The predicted octanol–water partition coefficient (Wildman–Crippen LogP) is 2.77. The van der Waals surface area contributed by atoms with Crippen molar-refractivity contribution in [3.8, 4) is 0 Å². The fourth-order valence-corrected chi connectivity index (χ4v) is 1.66. The number of aliphatic imine (C=N–C) groups is 1. The van der Waals surface area contributed by atoms with Crippen LogP contribution in [0.5, 0.6) is 0 Å². The Kier molecular flexibility index (Phi) is 6.26. The standard InChI is InChI=1S/C14H21F2N3S/c1-14(2,20-4)9-19-13(17-3)18-8-10-7-11(15)5-6-12(10)16/h5-7H,8-9H2,1-4H3,(H2,17,18,19). The fourth-order valence-electron chi connectivity index (χ4n) is 1.45. The number of hydrogen-bond acceptors (Lipinski definition) is 2. The van der Waals surface area contributed by atoms with E-state index in [0.29, 0.717) is 5.96 Å². The van der Waals surface area contributed by atoms with Crippen LogP contribution in [0.15, 0.2) is 23.2 Å². The maximum absolute atomic E-state index is 13.5. The molecule has 3 nitrogen and oxygen atoms in total. The van der Waals surface area contributed by atoms with Crippen molar-refractivity contribution in [2.45, 2.75) is 25.1 Å². The van der Waals surface area contributed by atoms with Crippen molar-refractivity contribution in [1.82, 2.24) is 10.6 Å². The third-order valence-electron chi connectivity index (χ3n) is 2.91. The molecule has 20 heavy (non-hydrogen) atoms. The summed E-state index contributed by atoms with van der Waals surface area (Å²) in [7, 11) is 1.64. The van der Waals surface area contributed by atoms with Gasteiger partial charge < -0.3 is 10.6 Å². The molecule has 0 amide bonds. The summed E-state index contributed by atoms with van der Waals surface area (Å²) in [6.07, 6.45) is 2.04. The molecule has 0 saturated heterocycles. The molecule has 2 N–H and O–H groups in total. The monoisotopic (exact) mass is 301 g/mol. The summed E-state index contributed by atoms with van der Waals surface area (Å²) in [5, 5.41) is 6.14. The van der Waals surface area contributed by atoms with Crippen LogP contribution >= 0.6 is 11.8 Å². The molecular weight excluding hydrogens is 280 g/mol. The van der Waals surface area contributed by atoms with E-state index in [4.69, 9.17) is 0 Å². The van der Waals surface area contributed by atoms with Gasteiger partial charge in [-0.25, -0.2) is 8.78 Å². The van der Waals surface area contributed by atoms with Gasteiger partial charge in [-0.05, 0) is 38.3 Å². The van der Waals surface area contributed by atoms with Gasteiger partial charge in [0.05, 0.1) is 0 Å². The topological polar surface area (TPSA) is 36.4 Å². The summed E-state index contributed by atoms with van der Waals surface area (Å²) in [4.78, 5) is 4.06. The molecule has 0 aliphatic carbocycles. The molecule has 6 heteroatoms. The summed E-state index contributed by atoms with van der Waals surface area (Å²) in [6, 6.07) is 3.41. The van der Waals surface area contributed by atoms with Crippen LogP contribution < -0.4 is 10.6 Å². The summed E-state index contributed by atoms with van der Waals surface area (Å²) >= 11 is 1.74. The predicted molar refractivity (Wildman–Crippen MR) is 82.2 cm³/mol. The smallest absolute Gasteiger partial charge is 0.191 e. The molecule has 0 unspecified atom stereocenters. The maximum atomic E-state index is 13.5. The van der Waals surface area contributed by atoms with Crippen LogP contribution in [0, 0.1) is 11.6 Å². The minimum absolute atomic E-state index is 0.0712. The van der Waals surface area contributed by atoms with Gasteiger partial charge in [-0.3, -0.25) is 4.99 Å². The van der Waals surface area contributed by atoms with Gasteiger partial charge in [-0.15, -0.1) is 0 Å². The summed E-state index contributed by atoms with van der Waals surface area (Å²) in [6.45, 7) is 5.14. The molecule has 0 bridgehead atoms. The largest absolute Gasteiger partial charge is 0.355 e. The molecule has 0 aliphatic rings. The van der Waals surface area contributed by atoms with E-state index >= 15 is 0 Å². The number of halogens is 2. The number of benzene rings is 1. The number of guanidine groups is 1. The number of nitrogens with one attached hydrogen (secondary N) is 2. The highest BCUT2D eigenvalue weighted by Gasteiger charge is 2.16. The zero-order valence-electron chi connectivity index (χ0n) is 12.3. The minimum atomic E-state index is -0.449. The van der Waals surface area contributed by atoms with Crippen LogP contribution in [0.3, 0.4) is 0 Å². The molecule has 1 aromatic carbocycles. The number of rotatable bonds is 5. The van der Waals surface area contributed by atoms with Crippen LogP contribution in [0.1, 0.15) is 19.4 Å². The third kappa shape index (κ3) is 5.36. The Morgan fingerprint density at radius 1 is 1.30 bits per heavy atom. The lowest BCUT2D eigenvalue weighted by Crippen LogP contribution is -2.43. The molecule has 0 aliphatic heterocycles. The van der Waals surface area contributed by atoms with Crippen molar-refractivity contribution in [1.29, 1.82) is 0 Å². The van der Waals surface area contributed by atoms with E-state index in [-0.39, 0.29) is 16.9 Å². The van der Waals surface area contributed by atoms with Gasteiger partial charge in [-0.2, -0.15) is 11.8 Å². The van der Waals surface area contributed by atoms with Gasteiger partial charge in [0.15, 0.2) is 5.96 Å². The molecule has 0 heterocycles. The molecular formula is C14H21F2N3S. The lowest BCUT2D eigenvalue weighted by Gasteiger charge is -2.23. The summed E-state index contributed by atoms with van der Waals surface area (Å²) in [5.41, 5.74) is 0.275. The first kappa shape index (κ1) is 16.8. The fraction of sp³-hybridized carbons (Fsp3) is 0.500. The van der Waals surface area contributed by atoms with E-state index in [9.17, 15) is 8.78 Å². The quantitative estimate of drug-likeness (QED) is 0.648. The Bertz CT molecular complexity index is 475. The minimum Gasteiger partial charge on any atom is -0.355 e. The van der Waals surface area contributed by atoms with E-state index in [1.165, 1.54) is 6.07 Å². The highest BCUT2D eigenvalue weighted by molar-refractivity contribution is 7.99. The molecule has 0 fully saturated rings. The molecule has 112 valence electrons. The Morgan fingerprint density at radius 2 is 2.00 bits per heavy atom. The van der Waals surface area contributed by atoms with Crippen molar-refractivity contribution >= 4 is 17.7 Å². The van der Waals surface area contributed by atoms with E-state index in [1.807, 2.05) is 6.26 Å². The van der Waals surface area contributed by atoms with Crippen LogP contribution in [0.4, 0.5) is 8.78 Å². The van der Waals surface area contributed by atoms with Crippen LogP contribution in [0.25, 0.3) is 0 Å². The molecule has 0 spiro atoms. The second kappa shape index (κ2) is 7.47. The van der Waals surface area contributed by atoms with Gasteiger partial charge >= 0.3 is 0 Å². The molecule has 0 saturated carbocycles. The molecule has 0 radical (unpaired) electrons. The third-order valence-corrected chi connectivity index (χ3v) is 4.16. The normalized spacial score (nSPS) is 12.4. The Labute approximate surface area is 123 Å². The molecule has 1 aromatic rings. The summed E-state index contributed by atoms with van der Waals surface area (Å²) < 4.78 is 26.6. The number of thioether (sulfide) groups is 1. The van der Waals surface area contributed by atoms with Gasteiger partial charge in [0.25, 0.3) is 0 Å². The van der Waals surface area contributed by atoms with Crippen molar-refractivity contribution in [2.24, 2.45) is 4.99 Å². The Hall–Kier alpha value is -1.30. The zero-order valence-corrected chi connectivity index (χ0v) is 13.1. The van der Waals surface area contributed by atoms with Gasteiger partial charge in [0.2, 0.25) is 0 Å². The number of hydrogen-bond donors (Lipinski definition) is 2. The average Bonchev–Trinajstić information content (AvgIpc) is 2.42. The highest BCUT2D eigenvalue weighted by atomic mass is 32.2. The lowest BCUT2D eigenvalue weighted by molar-refractivity contribution is 0.580. The van der Waals surface area contributed by atoms with E-state index in [1.54, 1.807) is 18.8 Å². The van der Waals surface area contributed by atoms with Crippen molar-refractivity contribution < 1.29 is 8.78 Å². The van der Waals surface area contributed by atoms with Crippen molar-refractivity contribution in [3.63, 3.8) is 0 Å². The van der Waals surface area contributed by atoms with E-state index < -0.39 is 11.6 Å². The second-order valence-corrected chi connectivity index (χ2v) is 6.49. The van der Waals surface area contributed by atoms with Gasteiger partial charge in [0.1, 0.15) is 11.6 Å². The molecule has 0 atom stereocenters. The lowest BCUT2D eigenvalue weighted by atomic mass is 10.2. The zero-order chi connectivity index (χ0) is 15.2. The van der Waals surface area contributed by atoms with Crippen LogP contribution in [-0.4, -0.2) is 30.6 Å². The van der Waals surface area contributed by atoms with E-state index in [0.717, 1.165) is 18.7 Å². The Balaban J connectivity index is 2.56. The van der Waals surface area contributed by atoms with Crippen LogP contribution in [-0.2, 0) is 6.54 Å². The highest BCUT2D eigenvalue weighted by Crippen LogP contribution is 2.19. The van der Waals surface area contributed by atoms with Crippen LogP contribution in [0.2, 0.25) is 0 Å². The molecule has 1 rings (SSSR count). The van der Waals surface area contributed by atoms with Gasteiger partial charge in [-0.1, -0.05) is 0 Å². The Morgan fingerprint density at radius 3 is 2.60 bits per heavy atom.